The Balaban J connectivity index is 0.00000364. The normalized spacial score (nSPS) is 19.5. The molecule has 10 heteroatoms. The fourth-order valence-electron chi connectivity index (χ4n) is 2.78. The van der Waals surface area contributed by atoms with Crippen LogP contribution in [0.3, 0.4) is 0 Å². The minimum Gasteiger partial charge on any atom is -0.396 e. The van der Waals surface area contributed by atoms with Crippen molar-refractivity contribution in [1.29, 1.82) is 0 Å². The van der Waals surface area contributed by atoms with Crippen LogP contribution in [-0.4, -0.2) is 62.0 Å². The van der Waals surface area contributed by atoms with Crippen molar-refractivity contribution >= 4 is 59.0 Å². The molecule has 1 saturated heterocycles. The van der Waals surface area contributed by atoms with Crippen molar-refractivity contribution in [3.63, 3.8) is 0 Å². The van der Waals surface area contributed by atoms with Gasteiger partial charge >= 0.3 is 0 Å². The molecule has 1 aliphatic rings. The van der Waals surface area contributed by atoms with E-state index in [-0.39, 0.29) is 36.0 Å². The Bertz CT molecular complexity index is 601. The maximum atomic E-state index is 9.31. The molecule has 0 saturated carbocycles. The summed E-state index contributed by atoms with van der Waals surface area (Å²) >= 11 is 11.9. The lowest BCUT2D eigenvalue weighted by molar-refractivity contribution is 0.131. The molecule has 2 rings (SSSR count). The van der Waals surface area contributed by atoms with E-state index in [1.54, 1.807) is 12.3 Å². The Kier molecular flexibility index (Phi) is 11.6. The highest BCUT2D eigenvalue weighted by molar-refractivity contribution is 14.0. The largest absolute Gasteiger partial charge is 0.396 e. The summed E-state index contributed by atoms with van der Waals surface area (Å²) in [5.41, 5.74) is -0.0594. The summed E-state index contributed by atoms with van der Waals surface area (Å²) in [4.78, 5) is 8.84. The lowest BCUT2D eigenvalue weighted by Gasteiger charge is -2.24. The number of ether oxygens (including phenoxy) is 1. The molecule has 4 N–H and O–H groups in total. The molecule has 0 amide bonds. The van der Waals surface area contributed by atoms with Crippen molar-refractivity contribution in [1.82, 2.24) is 15.6 Å². The third-order valence-electron chi connectivity index (χ3n) is 4.26. The van der Waals surface area contributed by atoms with Gasteiger partial charge in [0.15, 0.2) is 5.96 Å². The second kappa shape index (κ2) is 12.8. The van der Waals surface area contributed by atoms with Crippen molar-refractivity contribution in [3.05, 3.63) is 22.3 Å². The molecule has 0 spiro atoms. The van der Waals surface area contributed by atoms with Gasteiger partial charge in [-0.15, -0.1) is 24.0 Å². The van der Waals surface area contributed by atoms with E-state index in [1.165, 1.54) is 0 Å². The monoisotopic (exact) mass is 531 g/mol. The van der Waals surface area contributed by atoms with Crippen LogP contribution >= 0.6 is 47.2 Å². The number of hydrogen-bond acceptors (Lipinski definition) is 5. The van der Waals surface area contributed by atoms with Gasteiger partial charge in [-0.1, -0.05) is 23.2 Å². The Morgan fingerprint density at radius 1 is 1.37 bits per heavy atom. The Hall–Kier alpha value is -0.550. The number of aliphatic imine (C=N–C) groups is 1. The number of aliphatic hydroxyl groups excluding tert-OH is 1. The van der Waals surface area contributed by atoms with Crippen molar-refractivity contribution in [3.8, 4) is 0 Å². The first-order valence-electron chi connectivity index (χ1n) is 8.84. The van der Waals surface area contributed by atoms with Crippen LogP contribution < -0.4 is 16.0 Å². The van der Waals surface area contributed by atoms with Gasteiger partial charge in [0.05, 0.1) is 23.2 Å². The Labute approximate surface area is 187 Å². The molecule has 0 radical (unpaired) electrons. The number of aliphatic hydroxyl groups is 1. The smallest absolute Gasteiger partial charge is 0.191 e. The van der Waals surface area contributed by atoms with E-state index in [9.17, 15) is 5.11 Å². The molecule has 1 fully saturated rings. The summed E-state index contributed by atoms with van der Waals surface area (Å²) < 4.78 is 5.51. The van der Waals surface area contributed by atoms with E-state index in [0.29, 0.717) is 48.5 Å². The van der Waals surface area contributed by atoms with E-state index in [2.05, 4.69) is 25.9 Å². The van der Waals surface area contributed by atoms with Crippen molar-refractivity contribution in [2.45, 2.75) is 19.8 Å². The number of nitrogens with zero attached hydrogens (tertiary/aromatic N) is 2. The zero-order valence-corrected chi connectivity index (χ0v) is 19.3. The topological polar surface area (TPSA) is 90.8 Å². The third kappa shape index (κ3) is 8.15. The molecule has 1 aromatic heterocycles. The number of hydrogen-bond donors (Lipinski definition) is 4. The molecular weight excluding hydrogens is 504 g/mol. The van der Waals surface area contributed by atoms with Crippen LogP contribution in [0.15, 0.2) is 17.3 Å². The number of halogens is 3. The van der Waals surface area contributed by atoms with Gasteiger partial charge < -0.3 is 25.8 Å². The summed E-state index contributed by atoms with van der Waals surface area (Å²) in [6.45, 7) is 6.24. The summed E-state index contributed by atoms with van der Waals surface area (Å²) in [5.74, 6) is 1.35. The van der Waals surface area contributed by atoms with E-state index >= 15 is 0 Å². The molecule has 0 aliphatic carbocycles. The molecule has 1 aliphatic heterocycles. The summed E-state index contributed by atoms with van der Waals surface area (Å²) in [7, 11) is 0. The fraction of sp³-hybridized carbons (Fsp3) is 0.647. The van der Waals surface area contributed by atoms with Crippen LogP contribution in [0.4, 0.5) is 5.82 Å². The Morgan fingerprint density at radius 3 is 2.81 bits per heavy atom. The molecular formula is C17H28Cl2IN5O2. The minimum absolute atomic E-state index is 0. The first-order chi connectivity index (χ1) is 12.6. The van der Waals surface area contributed by atoms with Crippen LogP contribution in [0.1, 0.15) is 19.8 Å². The number of rotatable bonds is 9. The van der Waals surface area contributed by atoms with Gasteiger partial charge in [0.25, 0.3) is 0 Å². The van der Waals surface area contributed by atoms with Crippen molar-refractivity contribution < 1.29 is 9.84 Å². The predicted octanol–water partition coefficient (Wildman–Crippen LogP) is 2.76. The minimum atomic E-state index is -0.0594. The Morgan fingerprint density at radius 2 is 2.19 bits per heavy atom. The maximum absolute atomic E-state index is 9.31. The van der Waals surface area contributed by atoms with Gasteiger partial charge in [0.1, 0.15) is 5.82 Å². The van der Waals surface area contributed by atoms with E-state index in [1.807, 2.05) is 6.92 Å². The first kappa shape index (κ1) is 24.5. The molecule has 2 heterocycles. The number of aromatic nitrogens is 1. The van der Waals surface area contributed by atoms with Crippen LogP contribution in [0.2, 0.25) is 10.0 Å². The summed E-state index contributed by atoms with van der Waals surface area (Å²) in [5, 5.41) is 20.0. The average molecular weight is 532 g/mol. The molecule has 27 heavy (non-hydrogen) atoms. The van der Waals surface area contributed by atoms with Gasteiger partial charge in [-0.3, -0.25) is 4.99 Å². The highest BCUT2D eigenvalue weighted by Gasteiger charge is 2.34. The van der Waals surface area contributed by atoms with Crippen molar-refractivity contribution in [2.75, 3.05) is 51.3 Å². The number of guanidine groups is 1. The van der Waals surface area contributed by atoms with Crippen LogP contribution in [-0.2, 0) is 4.74 Å². The average Bonchev–Trinajstić information content (AvgIpc) is 3.07. The van der Waals surface area contributed by atoms with Crippen LogP contribution in [0, 0.1) is 5.41 Å². The standard InChI is InChI=1S/C17H27Cl2N5O2.HI/c1-2-20-16(24-11-17(3-7-25)4-8-26-12-17)22-6-5-21-15-14(19)9-13(18)10-23-15;/h9-10,25H,2-8,11-12H2,1H3,(H,21,23)(H2,20,22,24);1H. The van der Waals surface area contributed by atoms with E-state index in [4.69, 9.17) is 27.9 Å². The van der Waals surface area contributed by atoms with Crippen molar-refractivity contribution in [2.24, 2.45) is 10.4 Å². The van der Waals surface area contributed by atoms with Crippen LogP contribution in [0.5, 0.6) is 0 Å². The number of anilines is 1. The zero-order chi connectivity index (χ0) is 18.8. The van der Waals surface area contributed by atoms with Crippen LogP contribution in [0.25, 0.3) is 0 Å². The third-order valence-corrected chi connectivity index (χ3v) is 4.76. The quantitative estimate of drug-likeness (QED) is 0.169. The highest BCUT2D eigenvalue weighted by Crippen LogP contribution is 2.32. The molecule has 1 unspecified atom stereocenters. The lowest BCUT2D eigenvalue weighted by atomic mass is 9.84. The molecule has 1 atom stereocenters. The summed E-state index contributed by atoms with van der Waals surface area (Å²) in [6, 6.07) is 1.65. The molecule has 7 nitrogen and oxygen atoms in total. The van der Waals surface area contributed by atoms with Gasteiger partial charge in [0, 0.05) is 44.5 Å². The predicted molar refractivity (Wildman–Crippen MR) is 122 cm³/mol. The van der Waals surface area contributed by atoms with Gasteiger partial charge in [-0.2, -0.15) is 0 Å². The lowest BCUT2D eigenvalue weighted by Crippen LogP contribution is -2.40. The second-order valence-corrected chi connectivity index (χ2v) is 7.15. The first-order valence-corrected chi connectivity index (χ1v) is 9.60. The highest BCUT2D eigenvalue weighted by atomic mass is 127. The SMILES string of the molecule is CCNC(=NCC1(CCO)CCOC1)NCCNc1ncc(Cl)cc1Cl.I. The van der Waals surface area contributed by atoms with E-state index in [0.717, 1.165) is 25.5 Å². The fourth-order valence-corrected chi connectivity index (χ4v) is 3.23. The summed E-state index contributed by atoms with van der Waals surface area (Å²) in [6.07, 6.45) is 3.19. The zero-order valence-electron chi connectivity index (χ0n) is 15.4. The molecule has 0 aromatic carbocycles. The van der Waals surface area contributed by atoms with Gasteiger partial charge in [0.2, 0.25) is 0 Å². The second-order valence-electron chi connectivity index (χ2n) is 6.31. The van der Waals surface area contributed by atoms with E-state index < -0.39 is 0 Å². The molecule has 0 bridgehead atoms. The number of pyridine rings is 1. The van der Waals surface area contributed by atoms with Gasteiger partial charge in [-0.25, -0.2) is 4.98 Å². The number of nitrogens with one attached hydrogen (secondary N) is 3. The maximum Gasteiger partial charge on any atom is 0.191 e. The molecule has 154 valence electrons. The van der Waals surface area contributed by atoms with Gasteiger partial charge in [-0.05, 0) is 25.8 Å². The molecule has 1 aromatic rings.